The molecule has 0 aromatic carbocycles. The van der Waals surface area contributed by atoms with Gasteiger partial charge in [0.15, 0.2) is 0 Å². The number of hydrogen-bond donors (Lipinski definition) is 1. The summed E-state index contributed by atoms with van der Waals surface area (Å²) in [5, 5.41) is 3.52. The van der Waals surface area contributed by atoms with Crippen LogP contribution in [0, 0.1) is 5.41 Å². The quantitative estimate of drug-likeness (QED) is 0.805. The molecule has 0 aromatic heterocycles. The molecule has 3 nitrogen and oxygen atoms in total. The third kappa shape index (κ3) is 4.34. The first-order valence-electron chi connectivity index (χ1n) is 8.17. The molecule has 0 saturated carbocycles. The summed E-state index contributed by atoms with van der Waals surface area (Å²) in [7, 11) is 0. The molecule has 3 heteroatoms. The van der Waals surface area contributed by atoms with Crippen molar-refractivity contribution in [2.45, 2.75) is 65.3 Å². The zero-order valence-corrected chi connectivity index (χ0v) is 13.4. The van der Waals surface area contributed by atoms with Crippen LogP contribution in [-0.2, 0) is 4.79 Å². The van der Waals surface area contributed by atoms with Gasteiger partial charge in [-0.2, -0.15) is 0 Å². The summed E-state index contributed by atoms with van der Waals surface area (Å²) >= 11 is 0. The molecular formula is C17H30N2O. The van der Waals surface area contributed by atoms with Gasteiger partial charge in [0, 0.05) is 25.6 Å². The summed E-state index contributed by atoms with van der Waals surface area (Å²) in [6, 6.07) is 0.568. The van der Waals surface area contributed by atoms with Crippen molar-refractivity contribution in [3.63, 3.8) is 0 Å². The van der Waals surface area contributed by atoms with Crippen LogP contribution in [0.25, 0.3) is 0 Å². The molecule has 0 radical (unpaired) electrons. The lowest BCUT2D eigenvalue weighted by Crippen LogP contribution is -2.38. The van der Waals surface area contributed by atoms with Gasteiger partial charge in [0.1, 0.15) is 0 Å². The first kappa shape index (κ1) is 15.6. The molecule has 0 spiro atoms. The number of carbonyl (C=O) groups excluding carboxylic acids is 1. The molecule has 0 aliphatic carbocycles. The molecule has 1 amide bonds. The molecule has 1 N–H and O–H groups in total. The summed E-state index contributed by atoms with van der Waals surface area (Å²) in [5.74, 6) is 0.335. The maximum Gasteiger partial charge on any atom is 0.222 e. The van der Waals surface area contributed by atoms with Crippen molar-refractivity contribution in [1.29, 1.82) is 0 Å². The van der Waals surface area contributed by atoms with Gasteiger partial charge in [-0.05, 0) is 37.6 Å². The summed E-state index contributed by atoms with van der Waals surface area (Å²) in [6.07, 6.45) is 8.85. The van der Waals surface area contributed by atoms with Crippen LogP contribution in [0.5, 0.6) is 0 Å². The number of nitrogens with one attached hydrogen (secondary N) is 1. The number of hydrogen-bond acceptors (Lipinski definition) is 2. The molecule has 2 aliphatic heterocycles. The van der Waals surface area contributed by atoms with Gasteiger partial charge in [-0.1, -0.05) is 38.8 Å². The molecule has 1 fully saturated rings. The Morgan fingerprint density at radius 3 is 2.75 bits per heavy atom. The number of carbonyl (C=O) groups is 1. The lowest BCUT2D eigenvalue weighted by molar-refractivity contribution is -0.131. The lowest BCUT2D eigenvalue weighted by Gasteiger charge is -2.32. The minimum atomic E-state index is 0.251. The largest absolute Gasteiger partial charge is 0.339 e. The average molecular weight is 278 g/mol. The summed E-state index contributed by atoms with van der Waals surface area (Å²) < 4.78 is 0. The van der Waals surface area contributed by atoms with E-state index in [9.17, 15) is 4.79 Å². The van der Waals surface area contributed by atoms with Crippen LogP contribution in [0.2, 0.25) is 0 Å². The molecule has 2 rings (SSSR count). The topological polar surface area (TPSA) is 32.3 Å². The van der Waals surface area contributed by atoms with Gasteiger partial charge in [-0.3, -0.25) is 4.79 Å². The Labute approximate surface area is 123 Å². The highest BCUT2D eigenvalue weighted by Gasteiger charge is 2.24. The van der Waals surface area contributed by atoms with Crippen molar-refractivity contribution in [1.82, 2.24) is 10.2 Å². The molecule has 114 valence electrons. The smallest absolute Gasteiger partial charge is 0.222 e. The zero-order valence-electron chi connectivity index (χ0n) is 13.4. The Balaban J connectivity index is 1.75. The molecule has 1 saturated heterocycles. The van der Waals surface area contributed by atoms with E-state index in [0.717, 1.165) is 32.5 Å². The minimum absolute atomic E-state index is 0.251. The van der Waals surface area contributed by atoms with Crippen LogP contribution < -0.4 is 5.32 Å². The third-order valence-corrected chi connectivity index (χ3v) is 4.64. The van der Waals surface area contributed by atoms with E-state index in [2.05, 4.69) is 32.2 Å². The summed E-state index contributed by atoms with van der Waals surface area (Å²) in [4.78, 5) is 14.3. The van der Waals surface area contributed by atoms with Crippen molar-refractivity contribution in [2.24, 2.45) is 5.41 Å². The predicted octanol–water partition coefficient (Wildman–Crippen LogP) is 3.11. The molecular weight excluding hydrogens is 248 g/mol. The van der Waals surface area contributed by atoms with Crippen molar-refractivity contribution < 1.29 is 4.79 Å². The fraction of sp³-hybridized carbons (Fsp3) is 0.824. The fourth-order valence-corrected chi connectivity index (χ4v) is 3.20. The van der Waals surface area contributed by atoms with Gasteiger partial charge < -0.3 is 10.2 Å². The van der Waals surface area contributed by atoms with Gasteiger partial charge in [-0.15, -0.1) is 0 Å². The Kier molecular flexibility index (Phi) is 5.25. The van der Waals surface area contributed by atoms with Crippen LogP contribution in [0.3, 0.4) is 0 Å². The predicted molar refractivity (Wildman–Crippen MR) is 83.6 cm³/mol. The van der Waals surface area contributed by atoms with E-state index in [1.807, 2.05) is 4.90 Å². The maximum atomic E-state index is 12.3. The highest BCUT2D eigenvalue weighted by Crippen LogP contribution is 2.30. The highest BCUT2D eigenvalue weighted by molar-refractivity contribution is 5.76. The first-order chi connectivity index (χ1) is 9.47. The van der Waals surface area contributed by atoms with E-state index in [0.29, 0.717) is 18.4 Å². The number of nitrogens with zero attached hydrogens (tertiary/aromatic N) is 1. The second-order valence-corrected chi connectivity index (χ2v) is 7.25. The van der Waals surface area contributed by atoms with Gasteiger partial charge in [0.2, 0.25) is 5.91 Å². The Morgan fingerprint density at radius 2 is 2.20 bits per heavy atom. The summed E-state index contributed by atoms with van der Waals surface area (Å²) in [6.45, 7) is 9.60. The van der Waals surface area contributed by atoms with E-state index in [-0.39, 0.29) is 5.41 Å². The third-order valence-electron chi connectivity index (χ3n) is 4.64. The minimum Gasteiger partial charge on any atom is -0.339 e. The SMILES string of the molecule is CC(C)(C)C1=CCN(C(=O)CCC2CCCCN2)CC1. The number of piperidine rings is 1. The Morgan fingerprint density at radius 1 is 1.40 bits per heavy atom. The van der Waals surface area contributed by atoms with Crippen molar-refractivity contribution in [3.8, 4) is 0 Å². The second-order valence-electron chi connectivity index (χ2n) is 7.25. The van der Waals surface area contributed by atoms with Crippen molar-refractivity contribution in [3.05, 3.63) is 11.6 Å². The maximum absolute atomic E-state index is 12.3. The molecule has 2 aliphatic rings. The normalized spacial score (nSPS) is 24.4. The van der Waals surface area contributed by atoms with Crippen molar-refractivity contribution in [2.75, 3.05) is 19.6 Å². The molecule has 0 aromatic rings. The molecule has 20 heavy (non-hydrogen) atoms. The standard InChI is InChI=1S/C17H30N2O/c1-17(2,3)14-9-12-19(13-10-14)16(20)8-7-15-6-4-5-11-18-15/h9,15,18H,4-8,10-13H2,1-3H3. The monoisotopic (exact) mass is 278 g/mol. The Bertz CT molecular complexity index is 362. The van der Waals surface area contributed by atoms with E-state index in [1.54, 1.807) is 0 Å². The van der Waals surface area contributed by atoms with E-state index >= 15 is 0 Å². The van der Waals surface area contributed by atoms with Crippen LogP contribution >= 0.6 is 0 Å². The Hall–Kier alpha value is -0.830. The van der Waals surface area contributed by atoms with Crippen LogP contribution in [0.4, 0.5) is 0 Å². The van der Waals surface area contributed by atoms with Gasteiger partial charge in [-0.25, -0.2) is 0 Å². The second kappa shape index (κ2) is 6.75. The molecule has 0 bridgehead atoms. The number of amides is 1. The van der Waals surface area contributed by atoms with Gasteiger partial charge in [0.05, 0.1) is 0 Å². The van der Waals surface area contributed by atoms with E-state index in [1.165, 1.54) is 24.8 Å². The zero-order chi connectivity index (χ0) is 14.6. The lowest BCUT2D eigenvalue weighted by atomic mass is 9.83. The van der Waals surface area contributed by atoms with Gasteiger partial charge >= 0.3 is 0 Å². The molecule has 1 atom stereocenters. The highest BCUT2D eigenvalue weighted by atomic mass is 16.2. The van der Waals surface area contributed by atoms with Crippen LogP contribution in [-0.4, -0.2) is 36.5 Å². The fourth-order valence-electron chi connectivity index (χ4n) is 3.20. The first-order valence-corrected chi connectivity index (χ1v) is 8.17. The summed E-state index contributed by atoms with van der Waals surface area (Å²) in [5.41, 5.74) is 1.75. The van der Waals surface area contributed by atoms with Gasteiger partial charge in [0.25, 0.3) is 0 Å². The van der Waals surface area contributed by atoms with E-state index in [4.69, 9.17) is 0 Å². The van der Waals surface area contributed by atoms with Crippen LogP contribution in [0.15, 0.2) is 11.6 Å². The van der Waals surface area contributed by atoms with E-state index < -0.39 is 0 Å². The molecule has 2 heterocycles. The number of rotatable bonds is 3. The van der Waals surface area contributed by atoms with Crippen molar-refractivity contribution >= 4 is 5.91 Å². The molecule has 1 unspecified atom stereocenters. The average Bonchev–Trinajstić information content (AvgIpc) is 2.45. The van der Waals surface area contributed by atoms with Crippen LogP contribution in [0.1, 0.15) is 59.3 Å².